The van der Waals surface area contributed by atoms with Gasteiger partial charge >= 0.3 is 0 Å². The highest BCUT2D eigenvalue weighted by Crippen LogP contribution is 2.31. The van der Waals surface area contributed by atoms with Crippen LogP contribution in [0.15, 0.2) is 54.9 Å². The first-order valence-electron chi connectivity index (χ1n) is 10.5. The van der Waals surface area contributed by atoms with Crippen molar-refractivity contribution in [3.8, 4) is 0 Å². The smallest absolute Gasteiger partial charge is 0.224 e. The van der Waals surface area contributed by atoms with E-state index in [0.29, 0.717) is 18.4 Å². The van der Waals surface area contributed by atoms with Crippen molar-refractivity contribution in [1.29, 1.82) is 0 Å². The number of amides is 1. The number of hydrogen-bond donors (Lipinski definition) is 2. The molecule has 2 bridgehead atoms. The molecule has 2 fully saturated rings. The molecule has 2 saturated heterocycles. The van der Waals surface area contributed by atoms with E-state index in [1.54, 1.807) is 12.4 Å². The van der Waals surface area contributed by atoms with Gasteiger partial charge in [-0.05, 0) is 55.3 Å². The number of hydrogen-bond acceptors (Lipinski definition) is 4. The number of piperidine rings is 2. The van der Waals surface area contributed by atoms with E-state index < -0.39 is 0 Å². The lowest BCUT2D eigenvalue weighted by Gasteiger charge is -2.46. The van der Waals surface area contributed by atoms with Crippen LogP contribution in [-0.2, 0) is 11.3 Å². The molecular weight excluding hydrogens is 419 g/mol. The standard InChI is InChI=1S/C23H30N4O.2ClH/c28-23(26-21-8-5-11-24-14-21)10-4-9-22-20-12-19(13-25-22)16-27(17-20)15-18-6-2-1-3-7-18;;/h1-3,5-8,11,14,19-20,22,25H,4,9-10,12-13,15-17H2,(H,26,28);2*1H/t19-,20+,22+;;/m0../s1. The minimum atomic E-state index is 0. The zero-order valence-electron chi connectivity index (χ0n) is 17.2. The van der Waals surface area contributed by atoms with Crippen LogP contribution in [0, 0.1) is 11.8 Å². The largest absolute Gasteiger partial charge is 0.325 e. The minimum Gasteiger partial charge on any atom is -0.325 e. The van der Waals surface area contributed by atoms with Gasteiger partial charge in [0.05, 0.1) is 11.9 Å². The lowest BCUT2D eigenvalue weighted by Crippen LogP contribution is -2.55. The highest BCUT2D eigenvalue weighted by Gasteiger charge is 2.35. The number of benzene rings is 1. The summed E-state index contributed by atoms with van der Waals surface area (Å²) in [7, 11) is 0. The molecule has 0 aliphatic carbocycles. The predicted molar refractivity (Wildman–Crippen MR) is 126 cm³/mol. The number of nitrogens with zero attached hydrogens (tertiary/aromatic N) is 2. The van der Waals surface area contributed by atoms with E-state index in [2.05, 4.69) is 50.8 Å². The van der Waals surface area contributed by atoms with E-state index in [1.807, 2.05) is 12.1 Å². The Morgan fingerprint density at radius 3 is 2.73 bits per heavy atom. The molecule has 4 rings (SSSR count). The van der Waals surface area contributed by atoms with E-state index in [1.165, 1.54) is 18.5 Å². The molecule has 0 radical (unpaired) electrons. The number of carbonyl (C=O) groups excluding carboxylic acids is 1. The van der Waals surface area contributed by atoms with Gasteiger partial charge in [0.15, 0.2) is 0 Å². The minimum absolute atomic E-state index is 0. The summed E-state index contributed by atoms with van der Waals surface area (Å²) in [5.74, 6) is 1.53. The third kappa shape index (κ3) is 6.95. The SMILES string of the molecule is Cl.Cl.O=C(CCC[C@H]1NC[C@@H]2C[C@@H]1CN(Cc1ccccc1)C2)Nc1cccnc1. The van der Waals surface area contributed by atoms with Crippen LogP contribution >= 0.6 is 24.8 Å². The van der Waals surface area contributed by atoms with Gasteiger partial charge in [0.25, 0.3) is 0 Å². The third-order valence-corrected chi connectivity index (χ3v) is 6.00. The normalized spacial score (nSPS) is 23.0. The molecule has 2 aliphatic rings. The molecule has 0 unspecified atom stereocenters. The number of aromatic nitrogens is 1. The van der Waals surface area contributed by atoms with Crippen molar-refractivity contribution in [2.24, 2.45) is 11.8 Å². The lowest BCUT2D eigenvalue weighted by molar-refractivity contribution is -0.116. The first-order valence-corrected chi connectivity index (χ1v) is 10.5. The molecule has 5 nitrogen and oxygen atoms in total. The summed E-state index contributed by atoms with van der Waals surface area (Å²) in [6.45, 7) is 4.51. The summed E-state index contributed by atoms with van der Waals surface area (Å²) < 4.78 is 0. The average molecular weight is 451 g/mol. The maximum absolute atomic E-state index is 12.2. The Balaban J connectivity index is 0.00000160. The van der Waals surface area contributed by atoms with Crippen LogP contribution in [0.3, 0.4) is 0 Å². The Bertz CT molecular complexity index is 762. The molecular formula is C23H32Cl2N4O. The number of fused-ring (bicyclic) bond motifs is 2. The Morgan fingerprint density at radius 1 is 1.13 bits per heavy atom. The van der Waals surface area contributed by atoms with E-state index in [0.717, 1.165) is 44.1 Å². The van der Waals surface area contributed by atoms with Crippen molar-refractivity contribution in [3.05, 3.63) is 60.4 Å². The molecule has 7 heteroatoms. The number of halogens is 2. The summed E-state index contributed by atoms with van der Waals surface area (Å²) in [5, 5.41) is 6.69. The molecule has 0 spiro atoms. The Morgan fingerprint density at radius 2 is 1.97 bits per heavy atom. The van der Waals surface area contributed by atoms with Gasteiger partial charge in [-0.2, -0.15) is 0 Å². The van der Waals surface area contributed by atoms with Crippen molar-refractivity contribution in [1.82, 2.24) is 15.2 Å². The maximum Gasteiger partial charge on any atom is 0.224 e. The summed E-state index contributed by atoms with van der Waals surface area (Å²) in [4.78, 5) is 18.8. The Hall–Kier alpha value is -1.66. The average Bonchev–Trinajstić information content (AvgIpc) is 2.71. The van der Waals surface area contributed by atoms with Crippen molar-refractivity contribution in [2.75, 3.05) is 25.0 Å². The van der Waals surface area contributed by atoms with E-state index in [4.69, 9.17) is 0 Å². The fraction of sp³-hybridized carbons (Fsp3) is 0.478. The van der Waals surface area contributed by atoms with Crippen LogP contribution in [0.25, 0.3) is 0 Å². The molecule has 2 N–H and O–H groups in total. The number of carbonyl (C=O) groups is 1. The summed E-state index contributed by atoms with van der Waals surface area (Å²) in [6, 6.07) is 15.0. The highest BCUT2D eigenvalue weighted by atomic mass is 35.5. The van der Waals surface area contributed by atoms with Crippen LogP contribution < -0.4 is 10.6 Å². The first kappa shape index (κ1) is 24.6. The van der Waals surface area contributed by atoms with E-state index >= 15 is 0 Å². The van der Waals surface area contributed by atoms with Crippen LogP contribution in [0.4, 0.5) is 5.69 Å². The quantitative estimate of drug-likeness (QED) is 0.665. The van der Waals surface area contributed by atoms with E-state index in [9.17, 15) is 4.79 Å². The van der Waals surface area contributed by atoms with Gasteiger partial charge in [-0.25, -0.2) is 0 Å². The molecule has 1 aromatic carbocycles. The van der Waals surface area contributed by atoms with Gasteiger partial charge in [0.1, 0.15) is 0 Å². The molecule has 164 valence electrons. The van der Waals surface area contributed by atoms with Gasteiger partial charge in [-0.15, -0.1) is 24.8 Å². The second kappa shape index (κ2) is 12.3. The molecule has 3 heterocycles. The Labute approximate surface area is 191 Å². The van der Waals surface area contributed by atoms with Gasteiger partial charge in [-0.1, -0.05) is 30.3 Å². The molecule has 1 aromatic heterocycles. The molecule has 0 saturated carbocycles. The molecule has 2 aliphatic heterocycles. The lowest BCUT2D eigenvalue weighted by atomic mass is 9.79. The highest BCUT2D eigenvalue weighted by molar-refractivity contribution is 5.90. The summed E-state index contributed by atoms with van der Waals surface area (Å²) in [5.41, 5.74) is 2.18. The van der Waals surface area contributed by atoms with Crippen molar-refractivity contribution in [2.45, 2.75) is 38.3 Å². The fourth-order valence-electron chi connectivity index (χ4n) is 4.72. The molecule has 1 amide bonds. The summed E-state index contributed by atoms with van der Waals surface area (Å²) in [6.07, 6.45) is 7.27. The predicted octanol–water partition coefficient (Wildman–Crippen LogP) is 4.14. The monoisotopic (exact) mass is 450 g/mol. The number of anilines is 1. The first-order chi connectivity index (χ1) is 13.8. The number of rotatable bonds is 7. The van der Waals surface area contributed by atoms with E-state index in [-0.39, 0.29) is 30.7 Å². The maximum atomic E-state index is 12.2. The second-order valence-electron chi connectivity index (χ2n) is 8.24. The number of likely N-dealkylation sites (tertiary alicyclic amines) is 1. The number of pyridine rings is 1. The molecule has 2 aromatic rings. The van der Waals surface area contributed by atoms with Gasteiger partial charge < -0.3 is 10.6 Å². The zero-order valence-corrected chi connectivity index (χ0v) is 18.8. The molecule has 3 atom stereocenters. The van der Waals surface area contributed by atoms with Crippen molar-refractivity contribution >= 4 is 36.4 Å². The third-order valence-electron chi connectivity index (χ3n) is 6.00. The topological polar surface area (TPSA) is 57.3 Å². The molecule has 30 heavy (non-hydrogen) atoms. The zero-order chi connectivity index (χ0) is 19.2. The summed E-state index contributed by atoms with van der Waals surface area (Å²) >= 11 is 0. The van der Waals surface area contributed by atoms with Gasteiger partial charge in [0, 0.05) is 38.3 Å². The second-order valence-corrected chi connectivity index (χ2v) is 8.24. The van der Waals surface area contributed by atoms with Gasteiger partial charge in [0.2, 0.25) is 5.91 Å². The van der Waals surface area contributed by atoms with Crippen LogP contribution in [-0.4, -0.2) is 41.5 Å². The van der Waals surface area contributed by atoms with Crippen molar-refractivity contribution in [3.63, 3.8) is 0 Å². The number of nitrogens with one attached hydrogen (secondary N) is 2. The fourth-order valence-corrected chi connectivity index (χ4v) is 4.72. The van der Waals surface area contributed by atoms with Crippen molar-refractivity contribution < 1.29 is 4.79 Å². The Kier molecular flexibility index (Phi) is 10.1. The van der Waals surface area contributed by atoms with Crippen LogP contribution in [0.1, 0.15) is 31.2 Å². The van der Waals surface area contributed by atoms with Gasteiger partial charge in [-0.3, -0.25) is 14.7 Å². The van der Waals surface area contributed by atoms with Crippen LogP contribution in [0.2, 0.25) is 0 Å². The van der Waals surface area contributed by atoms with Crippen LogP contribution in [0.5, 0.6) is 0 Å².